The Kier molecular flexibility index (Phi) is 7.48. The van der Waals surface area contributed by atoms with E-state index < -0.39 is 0 Å². The molecule has 134 valence electrons. The standard InChI is InChI=1S/C21H28N2O2/c1-17-6-4-7-20(14-17)25-13-5-8-21(24)22-15-18-9-11-19(12-10-18)16-23(2)3/h4,6-7,9-12,14H,5,8,13,15-16H2,1-3H3,(H,22,24)/p+1. The predicted molar refractivity (Wildman–Crippen MR) is 101 cm³/mol. The van der Waals surface area contributed by atoms with Crippen LogP contribution in [0.25, 0.3) is 0 Å². The molecular formula is C21H29N2O2+. The van der Waals surface area contributed by atoms with Crippen LogP contribution < -0.4 is 15.0 Å². The second kappa shape index (κ2) is 9.84. The number of amides is 1. The van der Waals surface area contributed by atoms with E-state index in [1.807, 2.05) is 31.2 Å². The summed E-state index contributed by atoms with van der Waals surface area (Å²) in [4.78, 5) is 13.3. The number of carbonyl (C=O) groups is 1. The normalized spacial score (nSPS) is 10.7. The van der Waals surface area contributed by atoms with E-state index >= 15 is 0 Å². The Hall–Kier alpha value is -2.33. The Bertz CT molecular complexity index is 666. The lowest BCUT2D eigenvalue weighted by Crippen LogP contribution is -3.04. The second-order valence-electron chi connectivity index (χ2n) is 6.75. The van der Waals surface area contributed by atoms with Crippen LogP contribution in [0.3, 0.4) is 0 Å². The molecule has 0 bridgehead atoms. The van der Waals surface area contributed by atoms with Crippen LogP contribution in [0, 0.1) is 6.92 Å². The fourth-order valence-electron chi connectivity index (χ4n) is 2.60. The minimum Gasteiger partial charge on any atom is -0.494 e. The largest absolute Gasteiger partial charge is 0.494 e. The molecule has 1 amide bonds. The molecule has 0 atom stereocenters. The van der Waals surface area contributed by atoms with E-state index in [4.69, 9.17) is 4.74 Å². The first-order chi connectivity index (χ1) is 12.0. The van der Waals surface area contributed by atoms with Gasteiger partial charge in [-0.1, -0.05) is 36.4 Å². The Balaban J connectivity index is 1.63. The molecule has 0 aromatic heterocycles. The van der Waals surface area contributed by atoms with Crippen molar-refractivity contribution in [1.82, 2.24) is 5.32 Å². The van der Waals surface area contributed by atoms with E-state index in [9.17, 15) is 4.79 Å². The number of hydrogen-bond donors (Lipinski definition) is 2. The van der Waals surface area contributed by atoms with Crippen molar-refractivity contribution in [2.45, 2.75) is 32.9 Å². The van der Waals surface area contributed by atoms with Crippen molar-refractivity contribution in [2.24, 2.45) is 0 Å². The van der Waals surface area contributed by atoms with Crippen molar-refractivity contribution >= 4 is 5.91 Å². The topological polar surface area (TPSA) is 42.8 Å². The third kappa shape index (κ3) is 7.40. The molecule has 0 fully saturated rings. The van der Waals surface area contributed by atoms with Gasteiger partial charge in [0.25, 0.3) is 0 Å². The zero-order chi connectivity index (χ0) is 18.1. The molecular weight excluding hydrogens is 312 g/mol. The summed E-state index contributed by atoms with van der Waals surface area (Å²) in [6, 6.07) is 16.4. The molecule has 0 saturated carbocycles. The quantitative estimate of drug-likeness (QED) is 0.686. The molecule has 0 heterocycles. The first-order valence-electron chi connectivity index (χ1n) is 8.86. The Morgan fingerprint density at radius 1 is 1.08 bits per heavy atom. The van der Waals surface area contributed by atoms with Crippen LogP contribution in [0.1, 0.15) is 29.5 Å². The van der Waals surface area contributed by atoms with Crippen LogP contribution in [0.4, 0.5) is 0 Å². The van der Waals surface area contributed by atoms with E-state index in [0.717, 1.165) is 17.9 Å². The van der Waals surface area contributed by atoms with Gasteiger partial charge in [0.1, 0.15) is 12.3 Å². The summed E-state index contributed by atoms with van der Waals surface area (Å²) in [5.41, 5.74) is 3.61. The number of ether oxygens (including phenoxy) is 1. The van der Waals surface area contributed by atoms with E-state index in [0.29, 0.717) is 26.0 Å². The van der Waals surface area contributed by atoms with Gasteiger partial charge in [0.15, 0.2) is 0 Å². The SMILES string of the molecule is Cc1cccc(OCCCC(=O)NCc2ccc(C[NH+](C)C)cc2)c1. The van der Waals surface area contributed by atoms with Crippen molar-refractivity contribution in [3.63, 3.8) is 0 Å². The van der Waals surface area contributed by atoms with Crippen LogP contribution in [-0.4, -0.2) is 26.6 Å². The van der Waals surface area contributed by atoms with Gasteiger partial charge in [-0.2, -0.15) is 0 Å². The molecule has 2 rings (SSSR count). The van der Waals surface area contributed by atoms with Gasteiger partial charge in [-0.25, -0.2) is 0 Å². The molecule has 0 saturated heterocycles. The van der Waals surface area contributed by atoms with Gasteiger partial charge in [0.2, 0.25) is 5.91 Å². The molecule has 2 aromatic rings. The number of nitrogens with one attached hydrogen (secondary N) is 2. The Morgan fingerprint density at radius 3 is 2.48 bits per heavy atom. The number of quaternary nitrogens is 1. The molecule has 4 nitrogen and oxygen atoms in total. The molecule has 0 aliphatic heterocycles. The number of hydrogen-bond acceptors (Lipinski definition) is 2. The Morgan fingerprint density at radius 2 is 1.80 bits per heavy atom. The lowest BCUT2D eigenvalue weighted by molar-refractivity contribution is -0.872. The van der Waals surface area contributed by atoms with Gasteiger partial charge < -0.3 is 15.0 Å². The maximum absolute atomic E-state index is 11.9. The van der Waals surface area contributed by atoms with Gasteiger partial charge in [0.05, 0.1) is 20.7 Å². The second-order valence-corrected chi connectivity index (χ2v) is 6.75. The highest BCUT2D eigenvalue weighted by Gasteiger charge is 2.03. The fourth-order valence-corrected chi connectivity index (χ4v) is 2.60. The molecule has 4 heteroatoms. The first-order valence-corrected chi connectivity index (χ1v) is 8.86. The first kappa shape index (κ1) is 19.0. The summed E-state index contributed by atoms with van der Waals surface area (Å²) < 4.78 is 5.66. The molecule has 2 N–H and O–H groups in total. The fraction of sp³-hybridized carbons (Fsp3) is 0.381. The van der Waals surface area contributed by atoms with E-state index in [2.05, 4.69) is 43.7 Å². The van der Waals surface area contributed by atoms with Crippen LogP contribution in [0.15, 0.2) is 48.5 Å². The van der Waals surface area contributed by atoms with Crippen molar-refractivity contribution in [2.75, 3.05) is 20.7 Å². The van der Waals surface area contributed by atoms with Crippen molar-refractivity contribution in [1.29, 1.82) is 0 Å². The maximum Gasteiger partial charge on any atom is 0.220 e. The van der Waals surface area contributed by atoms with Crippen molar-refractivity contribution in [3.8, 4) is 5.75 Å². The van der Waals surface area contributed by atoms with Crippen molar-refractivity contribution in [3.05, 3.63) is 65.2 Å². The average molecular weight is 341 g/mol. The lowest BCUT2D eigenvalue weighted by Gasteiger charge is -2.09. The third-order valence-corrected chi connectivity index (χ3v) is 3.88. The summed E-state index contributed by atoms with van der Waals surface area (Å²) >= 11 is 0. The molecule has 0 aliphatic rings. The number of aryl methyl sites for hydroxylation is 1. The zero-order valence-electron chi connectivity index (χ0n) is 15.5. The predicted octanol–water partition coefficient (Wildman–Crippen LogP) is 2.11. The highest BCUT2D eigenvalue weighted by atomic mass is 16.5. The van der Waals surface area contributed by atoms with Gasteiger partial charge in [-0.05, 0) is 36.6 Å². The molecule has 2 aromatic carbocycles. The molecule has 0 unspecified atom stereocenters. The van der Waals surface area contributed by atoms with Gasteiger partial charge in [-0.15, -0.1) is 0 Å². The third-order valence-electron chi connectivity index (χ3n) is 3.88. The van der Waals surface area contributed by atoms with E-state index in [-0.39, 0.29) is 5.91 Å². The van der Waals surface area contributed by atoms with Gasteiger partial charge >= 0.3 is 0 Å². The molecule has 25 heavy (non-hydrogen) atoms. The summed E-state index contributed by atoms with van der Waals surface area (Å²) in [5, 5.41) is 2.97. The van der Waals surface area contributed by atoms with E-state index in [1.54, 1.807) is 0 Å². The van der Waals surface area contributed by atoms with Crippen molar-refractivity contribution < 1.29 is 14.4 Å². The minimum absolute atomic E-state index is 0.0645. The minimum atomic E-state index is 0.0645. The monoisotopic (exact) mass is 341 g/mol. The summed E-state index contributed by atoms with van der Waals surface area (Å²) in [5.74, 6) is 0.926. The lowest BCUT2D eigenvalue weighted by atomic mass is 10.1. The average Bonchev–Trinajstić information content (AvgIpc) is 2.58. The highest BCUT2D eigenvalue weighted by Crippen LogP contribution is 2.12. The molecule has 0 radical (unpaired) electrons. The van der Waals surface area contributed by atoms with Crippen LogP contribution >= 0.6 is 0 Å². The van der Waals surface area contributed by atoms with Crippen LogP contribution in [-0.2, 0) is 17.9 Å². The van der Waals surface area contributed by atoms with Gasteiger partial charge in [-0.3, -0.25) is 4.79 Å². The Labute approximate surface area is 150 Å². The van der Waals surface area contributed by atoms with Gasteiger partial charge in [0, 0.05) is 18.5 Å². The van der Waals surface area contributed by atoms with Crippen LogP contribution in [0.2, 0.25) is 0 Å². The summed E-state index contributed by atoms with van der Waals surface area (Å²) in [7, 11) is 4.27. The molecule has 0 aliphatic carbocycles. The van der Waals surface area contributed by atoms with E-state index in [1.165, 1.54) is 16.0 Å². The number of rotatable bonds is 9. The smallest absolute Gasteiger partial charge is 0.220 e. The number of benzene rings is 2. The summed E-state index contributed by atoms with van der Waals surface area (Å²) in [6.07, 6.45) is 1.19. The number of carbonyl (C=O) groups excluding carboxylic acids is 1. The highest BCUT2D eigenvalue weighted by molar-refractivity contribution is 5.75. The molecule has 0 spiro atoms. The maximum atomic E-state index is 11.9. The zero-order valence-corrected chi connectivity index (χ0v) is 15.5. The van der Waals surface area contributed by atoms with Crippen LogP contribution in [0.5, 0.6) is 5.75 Å². The summed E-state index contributed by atoms with van der Waals surface area (Å²) in [6.45, 7) is 4.17.